The Bertz CT molecular complexity index is 952. The zero-order valence-electron chi connectivity index (χ0n) is 16.4. The van der Waals surface area contributed by atoms with Crippen molar-refractivity contribution in [2.45, 2.75) is 31.9 Å². The Balaban J connectivity index is 1.76. The van der Waals surface area contributed by atoms with E-state index in [1.54, 1.807) is 6.20 Å². The molecule has 0 unspecified atom stereocenters. The minimum atomic E-state index is -0.875. The van der Waals surface area contributed by atoms with Crippen molar-refractivity contribution in [1.82, 2.24) is 19.5 Å². The molecular weight excluding hydrogens is 338 g/mol. The Morgan fingerprint density at radius 3 is 2.59 bits per heavy atom. The number of nitrogens with zero attached hydrogens (tertiary/aromatic N) is 5. The molecule has 0 amide bonds. The number of hydrogen-bond acceptors (Lipinski definition) is 5. The van der Waals surface area contributed by atoms with Crippen molar-refractivity contribution in [3.05, 3.63) is 59.4 Å². The average molecular weight is 365 g/mol. The Labute approximate surface area is 160 Å². The lowest BCUT2D eigenvalue weighted by molar-refractivity contribution is -0.0528. The van der Waals surface area contributed by atoms with Crippen molar-refractivity contribution in [3.63, 3.8) is 0 Å². The van der Waals surface area contributed by atoms with Gasteiger partial charge in [-0.25, -0.2) is 4.98 Å². The van der Waals surface area contributed by atoms with E-state index in [0.717, 1.165) is 41.4 Å². The molecule has 0 bridgehead atoms. The van der Waals surface area contributed by atoms with Crippen LogP contribution in [0.3, 0.4) is 0 Å². The molecule has 1 aliphatic heterocycles. The standard InChI is InChI=1S/C21H27N5O/c1-15-16(2)23-19-10-12-22-26(19)20(15)25-13-11-21(27,18(14-25)24(3)4)17-8-6-5-7-9-17/h5-10,12,18,27H,11,13-14H2,1-4H3/t18-,21+/m1/s1. The molecule has 1 aromatic carbocycles. The number of fused-ring (bicyclic) bond motifs is 1. The predicted octanol–water partition coefficient (Wildman–Crippen LogP) is 2.37. The van der Waals surface area contributed by atoms with Crippen LogP contribution in [-0.4, -0.2) is 57.8 Å². The Kier molecular flexibility index (Phi) is 4.40. The van der Waals surface area contributed by atoms with Crippen molar-refractivity contribution < 1.29 is 5.11 Å². The number of rotatable bonds is 3. The van der Waals surface area contributed by atoms with Gasteiger partial charge in [-0.2, -0.15) is 9.61 Å². The molecule has 27 heavy (non-hydrogen) atoms. The summed E-state index contributed by atoms with van der Waals surface area (Å²) in [6, 6.07) is 11.9. The van der Waals surface area contributed by atoms with E-state index in [-0.39, 0.29) is 6.04 Å². The second-order valence-electron chi connectivity index (χ2n) is 7.71. The van der Waals surface area contributed by atoms with Crippen LogP contribution in [0.2, 0.25) is 0 Å². The highest BCUT2D eigenvalue weighted by Crippen LogP contribution is 2.37. The van der Waals surface area contributed by atoms with Crippen LogP contribution in [0.15, 0.2) is 42.6 Å². The number of aromatic nitrogens is 3. The third-order valence-corrected chi connectivity index (χ3v) is 5.89. The van der Waals surface area contributed by atoms with Gasteiger partial charge >= 0.3 is 0 Å². The fourth-order valence-electron chi connectivity index (χ4n) is 4.26. The lowest BCUT2D eigenvalue weighted by atomic mass is 9.79. The summed E-state index contributed by atoms with van der Waals surface area (Å²) in [5.74, 6) is 1.07. The molecule has 3 heterocycles. The average Bonchev–Trinajstić information content (AvgIpc) is 3.11. The van der Waals surface area contributed by atoms with E-state index in [4.69, 9.17) is 0 Å². The summed E-state index contributed by atoms with van der Waals surface area (Å²) in [7, 11) is 4.08. The number of hydrogen-bond donors (Lipinski definition) is 1. The summed E-state index contributed by atoms with van der Waals surface area (Å²) in [6.45, 7) is 5.62. The van der Waals surface area contributed by atoms with Crippen molar-refractivity contribution in [1.29, 1.82) is 0 Å². The molecule has 4 rings (SSSR count). The summed E-state index contributed by atoms with van der Waals surface area (Å²) in [5.41, 5.74) is 3.12. The van der Waals surface area contributed by atoms with Crippen molar-refractivity contribution in [2.24, 2.45) is 0 Å². The van der Waals surface area contributed by atoms with Crippen molar-refractivity contribution >= 4 is 11.5 Å². The van der Waals surface area contributed by atoms with Gasteiger partial charge in [0, 0.05) is 30.4 Å². The Morgan fingerprint density at radius 1 is 1.15 bits per heavy atom. The van der Waals surface area contributed by atoms with E-state index in [1.165, 1.54) is 0 Å². The van der Waals surface area contributed by atoms with E-state index in [0.29, 0.717) is 6.42 Å². The fourth-order valence-corrected chi connectivity index (χ4v) is 4.26. The fraction of sp³-hybridized carbons (Fsp3) is 0.429. The van der Waals surface area contributed by atoms with Crippen LogP contribution in [0.25, 0.3) is 5.65 Å². The number of likely N-dealkylation sites (N-methyl/N-ethyl adjacent to an activating group) is 1. The van der Waals surface area contributed by atoms with Crippen LogP contribution in [0.4, 0.5) is 5.82 Å². The van der Waals surface area contributed by atoms with Crippen LogP contribution in [0, 0.1) is 13.8 Å². The van der Waals surface area contributed by atoms with Gasteiger partial charge in [0.2, 0.25) is 0 Å². The van der Waals surface area contributed by atoms with E-state index in [9.17, 15) is 5.11 Å². The maximum absolute atomic E-state index is 11.6. The molecule has 2 atom stereocenters. The lowest BCUT2D eigenvalue weighted by Crippen LogP contribution is -2.59. The maximum Gasteiger partial charge on any atom is 0.157 e. The van der Waals surface area contributed by atoms with Crippen LogP contribution in [-0.2, 0) is 5.60 Å². The molecule has 0 saturated carbocycles. The van der Waals surface area contributed by atoms with Crippen LogP contribution < -0.4 is 4.90 Å². The van der Waals surface area contributed by atoms with Gasteiger partial charge in [-0.05, 0) is 39.9 Å². The SMILES string of the molecule is Cc1nc2ccnn2c(N2CC[C@](O)(c3ccccc3)[C@H](N(C)C)C2)c1C. The third-order valence-electron chi connectivity index (χ3n) is 5.89. The Hall–Kier alpha value is -2.44. The minimum Gasteiger partial charge on any atom is -0.383 e. The third kappa shape index (κ3) is 2.89. The number of aliphatic hydroxyl groups is 1. The molecule has 6 nitrogen and oxygen atoms in total. The highest BCUT2D eigenvalue weighted by Gasteiger charge is 2.44. The highest BCUT2D eigenvalue weighted by molar-refractivity contribution is 5.57. The monoisotopic (exact) mass is 365 g/mol. The molecular formula is C21H27N5O. The molecule has 0 radical (unpaired) electrons. The second kappa shape index (κ2) is 6.62. The van der Waals surface area contributed by atoms with E-state index in [2.05, 4.69) is 26.8 Å². The van der Waals surface area contributed by atoms with Gasteiger partial charge in [0.25, 0.3) is 0 Å². The molecule has 2 aromatic heterocycles. The van der Waals surface area contributed by atoms with Gasteiger partial charge in [-0.15, -0.1) is 0 Å². The Morgan fingerprint density at radius 2 is 1.89 bits per heavy atom. The second-order valence-corrected chi connectivity index (χ2v) is 7.71. The summed E-state index contributed by atoms with van der Waals surface area (Å²) in [4.78, 5) is 9.10. The summed E-state index contributed by atoms with van der Waals surface area (Å²) >= 11 is 0. The van der Waals surface area contributed by atoms with Gasteiger partial charge in [0.15, 0.2) is 5.65 Å². The summed E-state index contributed by atoms with van der Waals surface area (Å²) < 4.78 is 1.92. The number of piperidine rings is 1. The van der Waals surface area contributed by atoms with Crippen molar-refractivity contribution in [3.8, 4) is 0 Å². The molecule has 3 aromatic rings. The highest BCUT2D eigenvalue weighted by atomic mass is 16.3. The van der Waals surface area contributed by atoms with Crippen LogP contribution in [0.5, 0.6) is 0 Å². The largest absolute Gasteiger partial charge is 0.383 e. The molecule has 0 aliphatic carbocycles. The number of benzene rings is 1. The molecule has 1 N–H and O–H groups in total. The molecule has 1 aliphatic rings. The molecule has 6 heteroatoms. The maximum atomic E-state index is 11.6. The van der Waals surface area contributed by atoms with Gasteiger partial charge in [-0.3, -0.25) is 0 Å². The van der Waals surface area contributed by atoms with E-state index in [1.807, 2.05) is 61.9 Å². The van der Waals surface area contributed by atoms with Crippen LogP contribution >= 0.6 is 0 Å². The minimum absolute atomic E-state index is 0.0351. The molecule has 1 fully saturated rings. The lowest BCUT2D eigenvalue weighted by Gasteiger charge is -2.48. The van der Waals surface area contributed by atoms with Gasteiger partial charge in [0.05, 0.1) is 12.2 Å². The van der Waals surface area contributed by atoms with E-state index < -0.39 is 5.60 Å². The first-order valence-electron chi connectivity index (χ1n) is 9.42. The van der Waals surface area contributed by atoms with Gasteiger partial charge in [-0.1, -0.05) is 30.3 Å². The van der Waals surface area contributed by atoms with Crippen LogP contribution in [0.1, 0.15) is 23.2 Å². The summed E-state index contributed by atoms with van der Waals surface area (Å²) in [6.07, 6.45) is 2.45. The predicted molar refractivity (Wildman–Crippen MR) is 107 cm³/mol. The first-order chi connectivity index (χ1) is 12.9. The number of anilines is 1. The van der Waals surface area contributed by atoms with E-state index >= 15 is 0 Å². The normalized spacial score (nSPS) is 23.3. The van der Waals surface area contributed by atoms with Gasteiger partial charge in [0.1, 0.15) is 11.4 Å². The number of aryl methyl sites for hydroxylation is 1. The van der Waals surface area contributed by atoms with Gasteiger partial charge < -0.3 is 14.9 Å². The summed E-state index contributed by atoms with van der Waals surface area (Å²) in [5, 5.41) is 16.1. The zero-order chi connectivity index (χ0) is 19.2. The molecule has 142 valence electrons. The topological polar surface area (TPSA) is 56.9 Å². The first kappa shape index (κ1) is 17.9. The molecule has 1 saturated heterocycles. The first-order valence-corrected chi connectivity index (χ1v) is 9.42. The zero-order valence-corrected chi connectivity index (χ0v) is 16.4. The quantitative estimate of drug-likeness (QED) is 0.772. The smallest absolute Gasteiger partial charge is 0.157 e. The van der Waals surface area contributed by atoms with Crippen molar-refractivity contribution in [2.75, 3.05) is 32.1 Å². The molecule has 0 spiro atoms.